The molecule has 9 nitrogen and oxygen atoms in total. The number of carbonyl (C=O) groups is 1. The quantitative estimate of drug-likeness (QED) is 0.779. The number of carbonyl (C=O) groups excluding carboxylic acids is 1. The summed E-state index contributed by atoms with van der Waals surface area (Å²) in [6.07, 6.45) is 3.60. The molecule has 2 aromatic rings. The number of aryl methyl sites for hydroxylation is 2. The predicted octanol–water partition coefficient (Wildman–Crippen LogP) is -0.256. The van der Waals surface area contributed by atoms with Gasteiger partial charge in [0.15, 0.2) is 15.5 Å². The molecule has 4 heterocycles. The minimum Gasteiger partial charge on any atom is -0.361 e. The van der Waals surface area contributed by atoms with Crippen LogP contribution in [0.15, 0.2) is 23.0 Å². The highest BCUT2D eigenvalue weighted by Crippen LogP contribution is 2.34. The molecule has 10 heteroatoms. The highest BCUT2D eigenvalue weighted by Gasteiger charge is 2.52. The van der Waals surface area contributed by atoms with E-state index in [4.69, 9.17) is 4.52 Å². The van der Waals surface area contributed by atoms with Crippen molar-refractivity contribution in [3.8, 4) is 0 Å². The Balaban J connectivity index is 1.48. The van der Waals surface area contributed by atoms with E-state index >= 15 is 0 Å². The summed E-state index contributed by atoms with van der Waals surface area (Å²) in [5.74, 6) is 0.874. The topological polar surface area (TPSA) is 110 Å². The molecule has 2 saturated heterocycles. The summed E-state index contributed by atoms with van der Waals surface area (Å²) in [5.41, 5.74) is 0.172. The molecule has 2 fully saturated rings. The van der Waals surface area contributed by atoms with Crippen LogP contribution in [0.1, 0.15) is 22.1 Å². The second kappa shape index (κ2) is 6.20. The van der Waals surface area contributed by atoms with Crippen LogP contribution in [0.3, 0.4) is 0 Å². The molecule has 140 valence electrons. The van der Waals surface area contributed by atoms with Crippen LogP contribution in [-0.2, 0) is 23.4 Å². The Morgan fingerprint density at radius 3 is 2.88 bits per heavy atom. The Labute approximate surface area is 151 Å². The molecule has 1 amide bonds. The number of imidazole rings is 1. The lowest BCUT2D eigenvalue weighted by atomic mass is 10.0. The van der Waals surface area contributed by atoms with Gasteiger partial charge in [-0.1, -0.05) is 5.16 Å². The molecule has 2 aliphatic rings. The summed E-state index contributed by atoms with van der Waals surface area (Å²) >= 11 is 0. The van der Waals surface area contributed by atoms with E-state index in [0.29, 0.717) is 25.4 Å². The third kappa shape index (κ3) is 3.03. The number of hydrogen-bond donors (Lipinski definition) is 1. The molecule has 3 atom stereocenters. The highest BCUT2D eigenvalue weighted by molar-refractivity contribution is 7.92. The minimum atomic E-state index is -3.25. The molecular formula is C16H21N5O4S. The number of nitrogens with one attached hydrogen (secondary N) is 1. The first kappa shape index (κ1) is 17.2. The number of likely N-dealkylation sites (tertiary alicyclic amines) is 1. The van der Waals surface area contributed by atoms with E-state index in [2.05, 4.69) is 20.4 Å². The van der Waals surface area contributed by atoms with Crippen LogP contribution in [0.4, 0.5) is 0 Å². The van der Waals surface area contributed by atoms with E-state index in [9.17, 15) is 13.2 Å². The van der Waals surface area contributed by atoms with Crippen molar-refractivity contribution in [3.63, 3.8) is 0 Å². The number of nitrogens with zero attached hydrogens (tertiary/aromatic N) is 4. The number of fused-ring (bicyclic) bond motifs is 1. The number of hydrogen-bond acceptors (Lipinski definition) is 7. The smallest absolute Gasteiger partial charge is 0.273 e. The van der Waals surface area contributed by atoms with E-state index in [0.717, 1.165) is 5.82 Å². The molecule has 0 aromatic carbocycles. The monoisotopic (exact) mass is 379 g/mol. The van der Waals surface area contributed by atoms with Crippen molar-refractivity contribution >= 4 is 15.7 Å². The van der Waals surface area contributed by atoms with Gasteiger partial charge in [-0.25, -0.2) is 13.4 Å². The summed E-state index contributed by atoms with van der Waals surface area (Å²) in [4.78, 5) is 18.7. The number of aromatic nitrogens is 3. The molecule has 2 aliphatic heterocycles. The summed E-state index contributed by atoms with van der Waals surface area (Å²) in [6, 6.07) is 1.12. The van der Waals surface area contributed by atoms with Crippen molar-refractivity contribution in [1.29, 1.82) is 0 Å². The van der Waals surface area contributed by atoms with E-state index < -0.39 is 27.0 Å². The Bertz CT molecular complexity index is 934. The first-order chi connectivity index (χ1) is 12.3. The van der Waals surface area contributed by atoms with Gasteiger partial charge in [0.05, 0.1) is 17.5 Å². The SMILES string of the molecule is Cc1cc(C(=O)N[C@@H]2CS(=O)(=O)[C@H]3CN(Cc4nccn4C)C[C@@H]23)no1. The molecule has 2 aromatic heterocycles. The number of rotatable bonds is 4. The average molecular weight is 379 g/mol. The first-order valence-corrected chi connectivity index (χ1v) is 10.2. The van der Waals surface area contributed by atoms with Crippen molar-refractivity contribution < 1.29 is 17.7 Å². The Hall–Kier alpha value is -2.20. The molecule has 1 N–H and O–H groups in total. The third-order valence-corrected chi connectivity index (χ3v) is 7.48. The van der Waals surface area contributed by atoms with Crippen LogP contribution >= 0.6 is 0 Å². The van der Waals surface area contributed by atoms with Gasteiger partial charge in [0.1, 0.15) is 11.6 Å². The standard InChI is InChI=1S/C16H21N5O4S/c1-10-5-12(19-25-10)16(22)18-13-9-26(23,24)14-7-21(6-11(13)14)8-15-17-3-4-20(15)2/h3-5,11,13-14H,6-9H2,1-2H3,(H,18,22)/t11-,13+,14-/m0/s1. The number of sulfone groups is 1. The van der Waals surface area contributed by atoms with Gasteiger partial charge in [0.25, 0.3) is 5.91 Å². The maximum Gasteiger partial charge on any atom is 0.273 e. The summed E-state index contributed by atoms with van der Waals surface area (Å²) < 4.78 is 32.0. The lowest BCUT2D eigenvalue weighted by molar-refractivity contribution is 0.0921. The summed E-state index contributed by atoms with van der Waals surface area (Å²) in [7, 11) is -1.33. The second-order valence-electron chi connectivity index (χ2n) is 7.08. The fourth-order valence-corrected chi connectivity index (χ4v) is 6.21. The molecular weight excluding hydrogens is 358 g/mol. The molecule has 0 spiro atoms. The van der Waals surface area contributed by atoms with E-state index in [1.807, 2.05) is 17.8 Å². The van der Waals surface area contributed by atoms with Crippen molar-refractivity contribution in [2.45, 2.75) is 24.8 Å². The Kier molecular flexibility index (Phi) is 4.11. The molecule has 0 unspecified atom stereocenters. The number of amides is 1. The average Bonchev–Trinajstić information content (AvgIpc) is 3.30. The van der Waals surface area contributed by atoms with E-state index in [1.165, 1.54) is 6.07 Å². The van der Waals surface area contributed by atoms with Crippen LogP contribution in [-0.4, -0.2) is 64.1 Å². The van der Waals surface area contributed by atoms with Crippen molar-refractivity contribution in [2.75, 3.05) is 18.8 Å². The van der Waals surface area contributed by atoms with Crippen LogP contribution in [0.25, 0.3) is 0 Å². The zero-order valence-corrected chi connectivity index (χ0v) is 15.4. The van der Waals surface area contributed by atoms with Crippen LogP contribution in [0.5, 0.6) is 0 Å². The maximum atomic E-state index is 12.6. The zero-order chi connectivity index (χ0) is 18.5. The van der Waals surface area contributed by atoms with Gasteiger partial charge in [-0.05, 0) is 6.92 Å². The predicted molar refractivity (Wildman–Crippen MR) is 92.0 cm³/mol. The Morgan fingerprint density at radius 1 is 1.42 bits per heavy atom. The van der Waals surface area contributed by atoms with Crippen molar-refractivity contribution in [3.05, 3.63) is 35.7 Å². The molecule has 0 saturated carbocycles. The lowest BCUT2D eigenvalue weighted by Gasteiger charge is -2.20. The van der Waals surface area contributed by atoms with Gasteiger partial charge in [-0.15, -0.1) is 0 Å². The maximum absolute atomic E-state index is 12.6. The van der Waals surface area contributed by atoms with E-state index in [1.54, 1.807) is 13.1 Å². The van der Waals surface area contributed by atoms with Gasteiger partial charge in [0.2, 0.25) is 0 Å². The minimum absolute atomic E-state index is 0.0266. The van der Waals surface area contributed by atoms with Crippen LogP contribution < -0.4 is 5.32 Å². The molecule has 4 rings (SSSR count). The van der Waals surface area contributed by atoms with Crippen LogP contribution in [0, 0.1) is 12.8 Å². The van der Waals surface area contributed by atoms with Gasteiger partial charge in [-0.2, -0.15) is 0 Å². The van der Waals surface area contributed by atoms with Gasteiger partial charge >= 0.3 is 0 Å². The fourth-order valence-electron chi connectivity index (χ4n) is 3.89. The van der Waals surface area contributed by atoms with Gasteiger partial charge in [-0.3, -0.25) is 9.69 Å². The highest BCUT2D eigenvalue weighted by atomic mass is 32.2. The second-order valence-corrected chi connectivity index (χ2v) is 9.35. The zero-order valence-electron chi connectivity index (χ0n) is 14.6. The van der Waals surface area contributed by atoms with Gasteiger partial charge < -0.3 is 14.4 Å². The van der Waals surface area contributed by atoms with Gasteiger partial charge in [0, 0.05) is 50.6 Å². The molecule has 0 aliphatic carbocycles. The lowest BCUT2D eigenvalue weighted by Crippen LogP contribution is -2.42. The van der Waals surface area contributed by atoms with E-state index in [-0.39, 0.29) is 17.4 Å². The third-order valence-electron chi connectivity index (χ3n) is 5.24. The molecule has 26 heavy (non-hydrogen) atoms. The molecule has 0 bridgehead atoms. The van der Waals surface area contributed by atoms with Crippen molar-refractivity contribution in [1.82, 2.24) is 24.9 Å². The summed E-state index contributed by atoms with van der Waals surface area (Å²) in [6.45, 7) is 3.37. The normalized spacial score (nSPS) is 27.5. The summed E-state index contributed by atoms with van der Waals surface area (Å²) in [5, 5.41) is 6.08. The van der Waals surface area contributed by atoms with Crippen molar-refractivity contribution in [2.24, 2.45) is 13.0 Å². The Morgan fingerprint density at radius 2 is 2.23 bits per heavy atom. The fraction of sp³-hybridized carbons (Fsp3) is 0.562. The largest absolute Gasteiger partial charge is 0.361 e. The first-order valence-electron chi connectivity index (χ1n) is 8.48. The molecule has 0 radical (unpaired) electrons. The van der Waals surface area contributed by atoms with Crippen LogP contribution in [0.2, 0.25) is 0 Å².